The van der Waals surface area contributed by atoms with Crippen LogP contribution in [0, 0.1) is 11.8 Å². The first-order valence-electron chi connectivity index (χ1n) is 20.2. The molecule has 0 unspecified atom stereocenters. The van der Waals surface area contributed by atoms with E-state index in [0.29, 0.717) is 61.9 Å². The second-order valence-electron chi connectivity index (χ2n) is 15.2. The highest BCUT2D eigenvalue weighted by Gasteiger charge is 2.24. The van der Waals surface area contributed by atoms with Crippen molar-refractivity contribution in [2.75, 3.05) is 19.7 Å². The molecule has 0 atom stereocenters. The fraction of sp³-hybridized carbons (Fsp3) is 0.575. The molecule has 4 fully saturated rings. The minimum absolute atomic E-state index is 0.0153. The number of ether oxygens (including phenoxy) is 1. The molecule has 2 N–H and O–H groups in total. The molecule has 0 spiro atoms. The Hall–Kier alpha value is -5.61. The molecule has 0 bridgehead atoms. The smallest absolute Gasteiger partial charge is 0.409 e. The lowest BCUT2D eigenvalue weighted by Gasteiger charge is -2.26. The highest BCUT2D eigenvalue weighted by Crippen LogP contribution is 2.35. The van der Waals surface area contributed by atoms with Crippen molar-refractivity contribution < 1.29 is 28.0 Å². The number of hydrogen-bond donors (Lipinski definition) is 2. The molecule has 1 amide bonds. The number of likely N-dealkylation sites (tertiary alicyclic amines) is 1. The number of carbonyl (C=O) groups excluding carboxylic acids is 1. The number of nitrogens with zero attached hydrogens (tertiary/aromatic N) is 5. The Bertz CT molecular complexity index is 2350. The minimum Gasteiger partial charge on any atom is -0.450 e. The number of hydrogen-bond acceptors (Lipinski definition) is 14. The number of amides is 1. The molecular weight excluding hydrogens is 738 g/mol. The Morgan fingerprint density at radius 3 is 1.67 bits per heavy atom. The first kappa shape index (κ1) is 39.6. The van der Waals surface area contributed by atoms with Crippen molar-refractivity contribution in [2.45, 2.75) is 116 Å². The number of aromatic nitrogens is 4. The van der Waals surface area contributed by atoms with Crippen LogP contribution in [0.1, 0.15) is 114 Å². The van der Waals surface area contributed by atoms with E-state index in [1.54, 1.807) is 11.8 Å². The van der Waals surface area contributed by atoms with Gasteiger partial charge in [0.05, 0.1) is 18.0 Å². The second-order valence-corrected chi connectivity index (χ2v) is 15.2. The molecule has 17 nitrogen and oxygen atoms in total. The van der Waals surface area contributed by atoms with E-state index in [9.17, 15) is 24.0 Å². The maximum absolute atomic E-state index is 12.6. The molecule has 0 radical (unpaired) electrons. The molecule has 4 aromatic rings. The lowest BCUT2D eigenvalue weighted by Crippen LogP contribution is -2.39. The van der Waals surface area contributed by atoms with Crippen molar-refractivity contribution in [1.29, 1.82) is 0 Å². The van der Waals surface area contributed by atoms with E-state index in [0.717, 1.165) is 74.6 Å². The molecule has 57 heavy (non-hydrogen) atoms. The number of aryl methyl sites for hydroxylation is 2. The standard InChI is InChI=1S/C21H26N4O6.C19H23N3O4/c1-2-29-21(28)25-10-8-15(9-11-25)24-31-20-22-18(27)17-14(5-3-4-13-6-7-13)12-16(26)30-19(17)23-20;23-15-11-13(6-4-5-12-9-10-12)16-17(24)20-19(21-18(16)25-15)26-22-14-7-2-1-3-8-14/h12-13H,2-11H2,1H3,(H,22,23,27);11-12H,1-10H2,(H,20,21,24). The summed E-state index contributed by atoms with van der Waals surface area (Å²) in [6.45, 7) is 3.04. The van der Waals surface area contributed by atoms with Gasteiger partial charge in [-0.25, -0.2) is 14.4 Å². The second kappa shape index (κ2) is 18.6. The molecular formula is C40H49N7O10. The highest BCUT2D eigenvalue weighted by atomic mass is 16.6. The number of piperidine rings is 1. The lowest BCUT2D eigenvalue weighted by molar-refractivity contribution is 0.107. The van der Waals surface area contributed by atoms with E-state index in [-0.39, 0.29) is 40.5 Å². The zero-order chi connectivity index (χ0) is 39.7. The third-order valence-electron chi connectivity index (χ3n) is 10.7. The van der Waals surface area contributed by atoms with E-state index in [1.165, 1.54) is 44.2 Å². The number of fused-ring (bicyclic) bond motifs is 2. The van der Waals surface area contributed by atoms with Gasteiger partial charge in [0.1, 0.15) is 10.8 Å². The van der Waals surface area contributed by atoms with Crippen molar-refractivity contribution in [3.63, 3.8) is 0 Å². The van der Waals surface area contributed by atoms with Crippen molar-refractivity contribution in [3.8, 4) is 12.0 Å². The minimum atomic E-state index is -0.546. The molecule has 0 aromatic carbocycles. The summed E-state index contributed by atoms with van der Waals surface area (Å²) in [5, 5.41) is 8.74. The van der Waals surface area contributed by atoms with Crippen LogP contribution in [0.25, 0.3) is 22.2 Å². The van der Waals surface area contributed by atoms with Gasteiger partial charge in [0, 0.05) is 38.1 Å². The SMILES string of the molecule is CCOC(=O)N1CCC(=NOc2nc3oc(=O)cc(CCCC4CC4)c3c(=O)[nH]2)CC1.O=c1cc(CCCC2CC2)c2c(=O)[nH]c(ON=C3CCCCC3)nc2o1. The van der Waals surface area contributed by atoms with Gasteiger partial charge in [-0.05, 0) is 81.3 Å². The third-order valence-corrected chi connectivity index (χ3v) is 10.7. The topological polar surface area (TPSA) is 225 Å². The molecule has 17 heteroatoms. The largest absolute Gasteiger partial charge is 0.450 e. The molecule has 8 rings (SSSR count). The van der Waals surface area contributed by atoms with Crippen LogP contribution in [-0.2, 0) is 17.6 Å². The van der Waals surface area contributed by atoms with Crippen molar-refractivity contribution in [1.82, 2.24) is 24.8 Å². The molecule has 4 aliphatic rings. The van der Waals surface area contributed by atoms with Gasteiger partial charge in [0.25, 0.3) is 11.1 Å². The Morgan fingerprint density at radius 1 is 0.737 bits per heavy atom. The van der Waals surface area contributed by atoms with E-state index in [1.807, 2.05) is 0 Å². The zero-order valence-electron chi connectivity index (χ0n) is 32.3. The average Bonchev–Trinajstić information content (AvgIpc) is 4.14. The number of rotatable bonds is 13. The summed E-state index contributed by atoms with van der Waals surface area (Å²) in [6.07, 6.45) is 16.4. The van der Waals surface area contributed by atoms with Crippen LogP contribution in [0.5, 0.6) is 12.0 Å². The predicted octanol–water partition coefficient (Wildman–Crippen LogP) is 5.90. The van der Waals surface area contributed by atoms with Crippen molar-refractivity contribution in [2.24, 2.45) is 22.1 Å². The van der Waals surface area contributed by atoms with Crippen LogP contribution in [0.4, 0.5) is 4.79 Å². The van der Waals surface area contributed by atoms with Gasteiger partial charge in [0.15, 0.2) is 0 Å². The van der Waals surface area contributed by atoms with Gasteiger partial charge >= 0.3 is 29.4 Å². The average molecular weight is 788 g/mol. The first-order chi connectivity index (χ1) is 27.7. The number of nitrogens with one attached hydrogen (secondary N) is 2. The fourth-order valence-corrected chi connectivity index (χ4v) is 7.23. The first-order valence-corrected chi connectivity index (χ1v) is 20.2. The maximum Gasteiger partial charge on any atom is 0.409 e. The lowest BCUT2D eigenvalue weighted by atomic mass is 9.99. The van der Waals surface area contributed by atoms with Crippen LogP contribution in [0.15, 0.2) is 50.5 Å². The number of carbonyl (C=O) groups is 1. The van der Waals surface area contributed by atoms with Crippen LogP contribution in [-0.4, -0.2) is 62.0 Å². The van der Waals surface area contributed by atoms with Gasteiger partial charge < -0.3 is 28.1 Å². The number of H-pyrrole nitrogens is 2. The van der Waals surface area contributed by atoms with E-state index >= 15 is 0 Å². The molecule has 1 saturated heterocycles. The summed E-state index contributed by atoms with van der Waals surface area (Å²) in [6, 6.07) is 2.58. The van der Waals surface area contributed by atoms with Gasteiger partial charge in [0.2, 0.25) is 11.4 Å². The van der Waals surface area contributed by atoms with Gasteiger partial charge in [-0.15, -0.1) is 0 Å². The van der Waals surface area contributed by atoms with Crippen molar-refractivity contribution >= 4 is 39.7 Å². The molecule has 3 saturated carbocycles. The Labute approximate surface area is 326 Å². The summed E-state index contributed by atoms with van der Waals surface area (Å²) in [5.41, 5.74) is 1.17. The number of aromatic amines is 2. The zero-order valence-corrected chi connectivity index (χ0v) is 32.3. The van der Waals surface area contributed by atoms with Crippen LogP contribution in [0.3, 0.4) is 0 Å². The van der Waals surface area contributed by atoms with E-state index in [4.69, 9.17) is 23.2 Å². The van der Waals surface area contributed by atoms with Crippen LogP contribution < -0.4 is 32.0 Å². The number of oxime groups is 2. The summed E-state index contributed by atoms with van der Waals surface area (Å²) < 4.78 is 15.3. The predicted molar refractivity (Wildman–Crippen MR) is 210 cm³/mol. The maximum atomic E-state index is 12.6. The quantitative estimate of drug-likeness (QED) is 0.151. The van der Waals surface area contributed by atoms with Gasteiger partial charge in [-0.1, -0.05) is 55.3 Å². The fourth-order valence-electron chi connectivity index (χ4n) is 7.23. The van der Waals surface area contributed by atoms with Gasteiger partial charge in [-0.2, -0.15) is 9.97 Å². The monoisotopic (exact) mass is 787 g/mol. The highest BCUT2D eigenvalue weighted by molar-refractivity contribution is 5.86. The summed E-state index contributed by atoms with van der Waals surface area (Å²) in [4.78, 5) is 86.3. The molecule has 5 heterocycles. The summed E-state index contributed by atoms with van der Waals surface area (Å²) in [7, 11) is 0. The van der Waals surface area contributed by atoms with Crippen LogP contribution in [0.2, 0.25) is 0 Å². The van der Waals surface area contributed by atoms with Crippen molar-refractivity contribution in [3.05, 3.63) is 64.8 Å². The Balaban J connectivity index is 0.000000177. The Morgan fingerprint density at radius 2 is 1.21 bits per heavy atom. The van der Waals surface area contributed by atoms with E-state index in [2.05, 4.69) is 30.2 Å². The van der Waals surface area contributed by atoms with E-state index < -0.39 is 16.8 Å². The molecule has 3 aliphatic carbocycles. The summed E-state index contributed by atoms with van der Waals surface area (Å²) >= 11 is 0. The summed E-state index contributed by atoms with van der Waals surface area (Å²) in [5.74, 6) is 1.60. The molecule has 304 valence electrons. The normalized spacial score (nSPS) is 16.9. The Kier molecular flexibility index (Phi) is 12.9. The molecule has 4 aromatic heterocycles. The van der Waals surface area contributed by atoms with Crippen LogP contribution >= 0.6 is 0 Å². The van der Waals surface area contributed by atoms with Gasteiger partial charge in [-0.3, -0.25) is 19.6 Å². The third kappa shape index (κ3) is 11.0. The molecule has 1 aliphatic heterocycles.